The van der Waals surface area contributed by atoms with Crippen molar-refractivity contribution in [1.29, 1.82) is 0 Å². The molecule has 6 nitrogen and oxygen atoms in total. The van der Waals surface area contributed by atoms with E-state index in [9.17, 15) is 18.3 Å². The van der Waals surface area contributed by atoms with Gasteiger partial charge in [-0.15, -0.1) is 0 Å². The van der Waals surface area contributed by atoms with Crippen molar-refractivity contribution in [2.75, 3.05) is 11.3 Å². The van der Waals surface area contributed by atoms with E-state index in [2.05, 4.69) is 4.72 Å². The van der Waals surface area contributed by atoms with Crippen LogP contribution in [-0.2, 0) is 16.4 Å². The lowest BCUT2D eigenvalue weighted by molar-refractivity contribution is 0.0698. The number of sulfonamides is 1. The minimum atomic E-state index is -3.88. The summed E-state index contributed by atoms with van der Waals surface area (Å²) in [6.45, 7) is 2.19. The molecule has 0 bridgehead atoms. The van der Waals surface area contributed by atoms with Crippen LogP contribution in [0, 0.1) is 6.92 Å². The van der Waals surface area contributed by atoms with E-state index in [4.69, 9.17) is 4.74 Å². The Bertz CT molecular complexity index is 889. The Morgan fingerprint density at radius 2 is 2.04 bits per heavy atom. The summed E-state index contributed by atoms with van der Waals surface area (Å²) < 4.78 is 32.9. The van der Waals surface area contributed by atoms with Crippen LogP contribution < -0.4 is 9.46 Å². The van der Waals surface area contributed by atoms with E-state index in [0.717, 1.165) is 5.56 Å². The zero-order valence-corrected chi connectivity index (χ0v) is 13.2. The van der Waals surface area contributed by atoms with Gasteiger partial charge in [-0.1, -0.05) is 12.1 Å². The molecule has 120 valence electrons. The van der Waals surface area contributed by atoms with Crippen molar-refractivity contribution in [3.63, 3.8) is 0 Å². The van der Waals surface area contributed by atoms with Crippen LogP contribution in [0.2, 0.25) is 0 Å². The first-order chi connectivity index (χ1) is 10.9. The van der Waals surface area contributed by atoms with Crippen molar-refractivity contribution in [2.45, 2.75) is 18.2 Å². The fourth-order valence-electron chi connectivity index (χ4n) is 2.50. The third-order valence-corrected chi connectivity index (χ3v) is 5.06. The summed E-state index contributed by atoms with van der Waals surface area (Å²) in [4.78, 5) is 11.4. The fourth-order valence-corrected chi connectivity index (χ4v) is 3.71. The molecule has 0 atom stereocenters. The maximum absolute atomic E-state index is 12.6. The van der Waals surface area contributed by atoms with Crippen molar-refractivity contribution in [3.05, 3.63) is 53.1 Å². The molecule has 23 heavy (non-hydrogen) atoms. The average Bonchev–Trinajstić information content (AvgIpc) is 2.96. The number of hydrogen-bond acceptors (Lipinski definition) is 4. The Kier molecular flexibility index (Phi) is 3.73. The minimum absolute atomic E-state index is 0.0803. The van der Waals surface area contributed by atoms with Gasteiger partial charge in [0.2, 0.25) is 0 Å². The Labute approximate surface area is 133 Å². The van der Waals surface area contributed by atoms with Crippen LogP contribution in [0.4, 0.5) is 5.69 Å². The molecular weight excluding hydrogens is 318 g/mol. The van der Waals surface area contributed by atoms with Gasteiger partial charge in [0.15, 0.2) is 0 Å². The van der Waals surface area contributed by atoms with Crippen molar-refractivity contribution >= 4 is 21.7 Å². The highest BCUT2D eigenvalue weighted by Gasteiger charge is 2.22. The van der Waals surface area contributed by atoms with Crippen molar-refractivity contribution in [1.82, 2.24) is 0 Å². The van der Waals surface area contributed by atoms with Gasteiger partial charge in [-0.3, -0.25) is 4.72 Å². The van der Waals surface area contributed by atoms with Crippen LogP contribution in [0.1, 0.15) is 21.5 Å². The standard InChI is InChI=1S/C16H15NO5S/c1-10-3-2-4-13(16(18)19)15(10)17-23(20,21)12-5-6-14-11(9-12)7-8-22-14/h2-6,9,17H,7-8H2,1H3,(H,18,19). The second-order valence-electron chi connectivity index (χ2n) is 5.28. The van der Waals surface area contributed by atoms with E-state index >= 15 is 0 Å². The number of fused-ring (bicyclic) bond motifs is 1. The molecule has 0 unspecified atom stereocenters. The summed E-state index contributed by atoms with van der Waals surface area (Å²) in [7, 11) is -3.88. The molecule has 0 amide bonds. The normalized spacial score (nSPS) is 13.3. The van der Waals surface area contributed by atoms with Gasteiger partial charge < -0.3 is 9.84 Å². The maximum atomic E-state index is 12.6. The molecule has 0 aromatic heterocycles. The third kappa shape index (κ3) is 2.87. The van der Waals surface area contributed by atoms with E-state index in [1.165, 1.54) is 12.1 Å². The first-order valence-corrected chi connectivity index (χ1v) is 8.48. The minimum Gasteiger partial charge on any atom is -0.493 e. The molecule has 1 heterocycles. The van der Waals surface area contributed by atoms with Gasteiger partial charge in [-0.25, -0.2) is 13.2 Å². The lowest BCUT2D eigenvalue weighted by Gasteiger charge is -2.13. The van der Waals surface area contributed by atoms with E-state index in [-0.39, 0.29) is 16.1 Å². The topological polar surface area (TPSA) is 92.7 Å². The van der Waals surface area contributed by atoms with Crippen LogP contribution in [0.3, 0.4) is 0 Å². The molecule has 2 N–H and O–H groups in total. The predicted molar refractivity (Wildman–Crippen MR) is 84.6 cm³/mol. The average molecular weight is 333 g/mol. The summed E-state index contributed by atoms with van der Waals surface area (Å²) in [6.07, 6.45) is 0.656. The molecule has 1 aliphatic heterocycles. The molecule has 0 spiro atoms. The number of hydrogen-bond donors (Lipinski definition) is 2. The fraction of sp³-hybridized carbons (Fsp3) is 0.188. The quantitative estimate of drug-likeness (QED) is 0.896. The van der Waals surface area contributed by atoms with Gasteiger partial charge in [0, 0.05) is 6.42 Å². The number of rotatable bonds is 4. The highest BCUT2D eigenvalue weighted by Crippen LogP contribution is 2.29. The van der Waals surface area contributed by atoms with E-state index in [1.807, 2.05) is 0 Å². The molecule has 0 saturated heterocycles. The summed E-state index contributed by atoms with van der Waals surface area (Å²) in [5.74, 6) is -0.500. The second-order valence-corrected chi connectivity index (χ2v) is 6.96. The smallest absolute Gasteiger partial charge is 0.337 e. The molecule has 0 aliphatic carbocycles. The van der Waals surface area contributed by atoms with Gasteiger partial charge in [0.1, 0.15) is 5.75 Å². The summed E-state index contributed by atoms with van der Waals surface area (Å²) in [6, 6.07) is 9.22. The molecule has 0 radical (unpaired) electrons. The lowest BCUT2D eigenvalue weighted by Crippen LogP contribution is -2.16. The highest BCUT2D eigenvalue weighted by atomic mass is 32.2. The maximum Gasteiger partial charge on any atom is 0.337 e. The summed E-state index contributed by atoms with van der Waals surface area (Å²) in [5, 5.41) is 9.23. The molecular formula is C16H15NO5S. The van der Waals surface area contributed by atoms with Crippen molar-refractivity contribution < 1.29 is 23.1 Å². The van der Waals surface area contributed by atoms with Crippen LogP contribution in [0.15, 0.2) is 41.3 Å². The number of anilines is 1. The predicted octanol–water partition coefficient (Wildman–Crippen LogP) is 2.43. The molecule has 1 aliphatic rings. The van der Waals surface area contributed by atoms with E-state index in [0.29, 0.717) is 24.3 Å². The SMILES string of the molecule is Cc1cccc(C(=O)O)c1NS(=O)(=O)c1ccc2c(c1)CCO2. The van der Waals surface area contributed by atoms with Crippen molar-refractivity contribution in [2.24, 2.45) is 0 Å². The van der Waals surface area contributed by atoms with E-state index < -0.39 is 16.0 Å². The van der Waals surface area contributed by atoms with Crippen LogP contribution in [0.5, 0.6) is 5.75 Å². The number of nitrogens with one attached hydrogen (secondary N) is 1. The van der Waals surface area contributed by atoms with Crippen LogP contribution in [-0.4, -0.2) is 26.1 Å². The number of para-hydroxylation sites is 1. The number of benzene rings is 2. The Hall–Kier alpha value is -2.54. The number of aryl methyl sites for hydroxylation is 1. The molecule has 7 heteroatoms. The Morgan fingerprint density at radius 3 is 2.78 bits per heavy atom. The number of carboxylic acids is 1. The van der Waals surface area contributed by atoms with Crippen molar-refractivity contribution in [3.8, 4) is 5.75 Å². The summed E-state index contributed by atoms with van der Waals surface area (Å²) >= 11 is 0. The van der Waals surface area contributed by atoms with Gasteiger partial charge in [-0.05, 0) is 42.3 Å². The van der Waals surface area contributed by atoms with Crippen LogP contribution in [0.25, 0.3) is 0 Å². The van der Waals surface area contributed by atoms with E-state index in [1.54, 1.807) is 31.2 Å². The monoisotopic (exact) mass is 333 g/mol. The summed E-state index contributed by atoms with van der Waals surface area (Å²) in [5.41, 5.74) is 1.36. The molecule has 2 aromatic carbocycles. The lowest BCUT2D eigenvalue weighted by atomic mass is 10.1. The Balaban J connectivity index is 2.01. The second kappa shape index (κ2) is 5.58. The number of carbonyl (C=O) groups is 1. The van der Waals surface area contributed by atoms with Crippen LogP contribution >= 0.6 is 0 Å². The first kappa shape index (κ1) is 15.4. The van der Waals surface area contributed by atoms with Gasteiger partial charge >= 0.3 is 5.97 Å². The number of aromatic carboxylic acids is 1. The van der Waals surface area contributed by atoms with Gasteiger partial charge in [0.25, 0.3) is 10.0 Å². The van der Waals surface area contributed by atoms with Gasteiger partial charge in [0.05, 0.1) is 22.8 Å². The number of ether oxygens (including phenoxy) is 1. The zero-order valence-electron chi connectivity index (χ0n) is 12.4. The number of carboxylic acid groups (broad SMARTS) is 1. The Morgan fingerprint density at radius 1 is 1.26 bits per heavy atom. The molecule has 0 saturated carbocycles. The largest absolute Gasteiger partial charge is 0.493 e. The first-order valence-electron chi connectivity index (χ1n) is 7.00. The molecule has 0 fully saturated rings. The molecule has 3 rings (SSSR count). The molecule has 2 aromatic rings. The van der Waals surface area contributed by atoms with Gasteiger partial charge in [-0.2, -0.15) is 0 Å². The zero-order chi connectivity index (χ0) is 16.6. The third-order valence-electron chi connectivity index (χ3n) is 3.71. The highest BCUT2D eigenvalue weighted by molar-refractivity contribution is 7.92.